The summed E-state index contributed by atoms with van der Waals surface area (Å²) in [4.78, 5) is 15.9. The molecule has 26 heavy (non-hydrogen) atoms. The molecule has 136 valence electrons. The molecule has 1 saturated heterocycles. The number of amides is 1. The van der Waals surface area contributed by atoms with E-state index in [1.165, 1.54) is 4.90 Å². The van der Waals surface area contributed by atoms with Crippen LogP contribution in [0.5, 0.6) is 11.5 Å². The van der Waals surface area contributed by atoms with Crippen molar-refractivity contribution < 1.29 is 27.4 Å². The minimum Gasteiger partial charge on any atom is -0.454 e. The summed E-state index contributed by atoms with van der Waals surface area (Å²) in [5, 5.41) is 0. The molecule has 0 unspecified atom stereocenters. The molecule has 0 N–H and O–H groups in total. The van der Waals surface area contributed by atoms with Crippen LogP contribution in [0.1, 0.15) is 10.4 Å². The largest absolute Gasteiger partial charge is 0.454 e. The van der Waals surface area contributed by atoms with E-state index in [2.05, 4.69) is 4.90 Å². The van der Waals surface area contributed by atoms with E-state index in [0.717, 1.165) is 17.8 Å². The van der Waals surface area contributed by atoms with Crippen molar-refractivity contribution in [3.63, 3.8) is 0 Å². The van der Waals surface area contributed by atoms with Crippen LogP contribution < -0.4 is 14.4 Å². The second kappa shape index (κ2) is 6.44. The maximum atomic E-state index is 13.8. The standard InChI is InChI=1S/C18H15F3N2O3/c19-13-3-2-12(16(20)17(13)21)18(24)23-7-5-22(6-8-23)11-1-4-14-15(9-11)26-10-25-14/h1-4,9H,5-8,10H2. The first-order chi connectivity index (χ1) is 12.5. The molecule has 0 atom stereocenters. The van der Waals surface area contributed by atoms with Crippen LogP contribution in [0.4, 0.5) is 18.9 Å². The number of fused-ring (bicyclic) bond motifs is 1. The molecule has 2 aliphatic rings. The van der Waals surface area contributed by atoms with Gasteiger partial charge in [0.15, 0.2) is 29.0 Å². The molecule has 0 aromatic heterocycles. The Bertz CT molecular complexity index is 867. The van der Waals surface area contributed by atoms with Gasteiger partial charge in [0, 0.05) is 37.9 Å². The second-order valence-corrected chi connectivity index (χ2v) is 6.04. The average molecular weight is 364 g/mol. The molecule has 2 heterocycles. The summed E-state index contributed by atoms with van der Waals surface area (Å²) in [5.41, 5.74) is 0.473. The molecule has 0 aliphatic carbocycles. The van der Waals surface area contributed by atoms with Crippen LogP contribution in [-0.4, -0.2) is 43.8 Å². The van der Waals surface area contributed by atoms with Crippen LogP contribution in [0.15, 0.2) is 30.3 Å². The van der Waals surface area contributed by atoms with Crippen LogP contribution >= 0.6 is 0 Å². The van der Waals surface area contributed by atoms with Gasteiger partial charge in [-0.15, -0.1) is 0 Å². The Morgan fingerprint density at radius 3 is 2.38 bits per heavy atom. The van der Waals surface area contributed by atoms with Gasteiger partial charge in [0.2, 0.25) is 6.79 Å². The lowest BCUT2D eigenvalue weighted by Gasteiger charge is -2.36. The Kier molecular flexibility index (Phi) is 4.10. The molecule has 0 spiro atoms. The fourth-order valence-corrected chi connectivity index (χ4v) is 3.11. The van der Waals surface area contributed by atoms with Crippen molar-refractivity contribution in [2.75, 3.05) is 37.9 Å². The van der Waals surface area contributed by atoms with Gasteiger partial charge >= 0.3 is 0 Å². The fraction of sp³-hybridized carbons (Fsp3) is 0.278. The van der Waals surface area contributed by atoms with Crippen LogP contribution in [0.25, 0.3) is 0 Å². The molecular formula is C18H15F3N2O3. The van der Waals surface area contributed by atoms with E-state index in [1.807, 2.05) is 18.2 Å². The fourth-order valence-electron chi connectivity index (χ4n) is 3.11. The summed E-state index contributed by atoms with van der Waals surface area (Å²) in [6, 6.07) is 7.33. The lowest BCUT2D eigenvalue weighted by molar-refractivity contribution is 0.0740. The van der Waals surface area contributed by atoms with Gasteiger partial charge in [-0.2, -0.15) is 0 Å². The minimum absolute atomic E-state index is 0.195. The number of anilines is 1. The van der Waals surface area contributed by atoms with Gasteiger partial charge in [0.25, 0.3) is 5.91 Å². The predicted octanol–water partition coefficient (Wildman–Crippen LogP) is 2.80. The first-order valence-corrected chi connectivity index (χ1v) is 8.12. The zero-order valence-corrected chi connectivity index (χ0v) is 13.7. The Labute approximate surface area is 147 Å². The van der Waals surface area contributed by atoms with E-state index in [1.54, 1.807) is 0 Å². The van der Waals surface area contributed by atoms with E-state index in [0.29, 0.717) is 37.7 Å². The van der Waals surface area contributed by atoms with Gasteiger partial charge in [-0.3, -0.25) is 4.79 Å². The molecule has 8 heteroatoms. The molecule has 2 aromatic carbocycles. The van der Waals surface area contributed by atoms with Crippen molar-refractivity contribution in [2.24, 2.45) is 0 Å². The highest BCUT2D eigenvalue weighted by atomic mass is 19.2. The van der Waals surface area contributed by atoms with Crippen molar-refractivity contribution in [1.29, 1.82) is 0 Å². The van der Waals surface area contributed by atoms with Gasteiger partial charge in [-0.25, -0.2) is 13.2 Å². The zero-order chi connectivity index (χ0) is 18.3. The molecule has 2 aromatic rings. The van der Waals surface area contributed by atoms with Gasteiger partial charge < -0.3 is 19.3 Å². The lowest BCUT2D eigenvalue weighted by Crippen LogP contribution is -2.49. The van der Waals surface area contributed by atoms with Gasteiger partial charge in [0.05, 0.1) is 5.56 Å². The molecule has 0 bridgehead atoms. The van der Waals surface area contributed by atoms with Gasteiger partial charge in [0.1, 0.15) is 0 Å². The number of hydrogen-bond donors (Lipinski definition) is 0. The molecule has 4 rings (SSSR count). The predicted molar refractivity (Wildman–Crippen MR) is 87.0 cm³/mol. The molecule has 0 radical (unpaired) electrons. The second-order valence-electron chi connectivity index (χ2n) is 6.04. The number of carbonyl (C=O) groups is 1. The summed E-state index contributed by atoms with van der Waals surface area (Å²) < 4.78 is 50.9. The maximum Gasteiger partial charge on any atom is 0.257 e. The number of carbonyl (C=O) groups excluding carboxylic acids is 1. The van der Waals surface area contributed by atoms with Crippen LogP contribution in [-0.2, 0) is 0 Å². The highest BCUT2D eigenvalue weighted by Crippen LogP contribution is 2.35. The summed E-state index contributed by atoms with van der Waals surface area (Å²) in [5.74, 6) is -3.68. The van der Waals surface area contributed by atoms with Crippen LogP contribution in [0.3, 0.4) is 0 Å². The quantitative estimate of drug-likeness (QED) is 0.769. The van der Waals surface area contributed by atoms with Crippen molar-refractivity contribution in [3.8, 4) is 11.5 Å². The van der Waals surface area contributed by atoms with E-state index < -0.39 is 28.9 Å². The van der Waals surface area contributed by atoms with Crippen LogP contribution in [0, 0.1) is 17.5 Å². The lowest BCUT2D eigenvalue weighted by atomic mass is 10.1. The zero-order valence-electron chi connectivity index (χ0n) is 13.7. The van der Waals surface area contributed by atoms with E-state index in [-0.39, 0.29) is 6.79 Å². The number of hydrogen-bond acceptors (Lipinski definition) is 4. The third-order valence-corrected chi connectivity index (χ3v) is 4.55. The Balaban J connectivity index is 1.45. The maximum absolute atomic E-state index is 13.8. The normalized spacial score (nSPS) is 16.1. The number of piperazine rings is 1. The first kappa shape index (κ1) is 16.6. The molecule has 2 aliphatic heterocycles. The Hall–Kier alpha value is -2.90. The first-order valence-electron chi connectivity index (χ1n) is 8.12. The van der Waals surface area contributed by atoms with Crippen LogP contribution in [0.2, 0.25) is 0 Å². The van der Waals surface area contributed by atoms with Gasteiger partial charge in [-0.05, 0) is 24.3 Å². The number of nitrogens with zero attached hydrogens (tertiary/aromatic N) is 2. The van der Waals surface area contributed by atoms with E-state index in [9.17, 15) is 18.0 Å². The molecule has 1 fully saturated rings. The van der Waals surface area contributed by atoms with E-state index in [4.69, 9.17) is 9.47 Å². The smallest absolute Gasteiger partial charge is 0.257 e. The van der Waals surface area contributed by atoms with Crippen molar-refractivity contribution >= 4 is 11.6 Å². The Morgan fingerprint density at radius 1 is 0.885 bits per heavy atom. The summed E-state index contributed by atoms with van der Waals surface area (Å²) >= 11 is 0. The van der Waals surface area contributed by atoms with Gasteiger partial charge in [-0.1, -0.05) is 0 Å². The van der Waals surface area contributed by atoms with Crippen molar-refractivity contribution in [1.82, 2.24) is 4.90 Å². The topological polar surface area (TPSA) is 42.0 Å². The number of halogens is 3. The van der Waals surface area contributed by atoms with Crippen molar-refractivity contribution in [3.05, 3.63) is 53.3 Å². The number of ether oxygens (including phenoxy) is 2. The number of rotatable bonds is 2. The highest BCUT2D eigenvalue weighted by Gasteiger charge is 2.27. The third-order valence-electron chi connectivity index (χ3n) is 4.55. The minimum atomic E-state index is -1.63. The third kappa shape index (κ3) is 2.81. The molecular weight excluding hydrogens is 349 g/mol. The summed E-state index contributed by atoms with van der Waals surface area (Å²) in [6.45, 7) is 1.92. The van der Waals surface area contributed by atoms with E-state index >= 15 is 0 Å². The van der Waals surface area contributed by atoms with Crippen molar-refractivity contribution in [2.45, 2.75) is 0 Å². The monoisotopic (exact) mass is 364 g/mol. The molecule has 0 saturated carbocycles. The summed E-state index contributed by atoms with van der Waals surface area (Å²) in [6.07, 6.45) is 0. The highest BCUT2D eigenvalue weighted by molar-refractivity contribution is 5.94. The SMILES string of the molecule is O=C(c1ccc(F)c(F)c1F)N1CCN(c2ccc3c(c2)OCO3)CC1. The summed E-state index contributed by atoms with van der Waals surface area (Å²) in [7, 11) is 0. The molecule has 1 amide bonds. The molecule has 5 nitrogen and oxygen atoms in total. The Morgan fingerprint density at radius 2 is 1.62 bits per heavy atom. The number of benzene rings is 2. The average Bonchev–Trinajstić information content (AvgIpc) is 3.14.